The Morgan fingerprint density at radius 1 is 1.42 bits per heavy atom. The fraction of sp³-hybridized carbons (Fsp3) is 0.467. The number of nitriles is 1. The Bertz CT molecular complexity index is 476. The molecule has 1 aromatic rings. The predicted molar refractivity (Wildman–Crippen MR) is 71.5 cm³/mol. The van der Waals surface area contributed by atoms with Gasteiger partial charge in [0.05, 0.1) is 11.6 Å². The normalized spacial score (nSPS) is 19.2. The molecule has 100 valence electrons. The van der Waals surface area contributed by atoms with Crippen molar-refractivity contribution in [3.8, 4) is 6.07 Å². The van der Waals surface area contributed by atoms with Crippen molar-refractivity contribution in [2.75, 3.05) is 6.54 Å². The lowest BCUT2D eigenvalue weighted by molar-refractivity contribution is -0.137. The van der Waals surface area contributed by atoms with Crippen molar-refractivity contribution in [1.82, 2.24) is 4.90 Å². The third-order valence-electron chi connectivity index (χ3n) is 3.66. The topological polar surface area (TPSA) is 64.3 Å². The summed E-state index contributed by atoms with van der Waals surface area (Å²) in [7, 11) is 0. The number of carboxylic acid groups (broad SMARTS) is 1. The summed E-state index contributed by atoms with van der Waals surface area (Å²) >= 11 is 0. The molecule has 0 aromatic heterocycles. The fourth-order valence-electron chi connectivity index (χ4n) is 2.64. The monoisotopic (exact) mass is 258 g/mol. The van der Waals surface area contributed by atoms with Gasteiger partial charge in [-0.25, -0.2) is 0 Å². The van der Waals surface area contributed by atoms with E-state index >= 15 is 0 Å². The van der Waals surface area contributed by atoms with Gasteiger partial charge in [0, 0.05) is 19.0 Å². The Balaban J connectivity index is 1.93. The fourth-order valence-corrected chi connectivity index (χ4v) is 2.64. The highest BCUT2D eigenvalue weighted by Crippen LogP contribution is 2.23. The maximum Gasteiger partial charge on any atom is 0.303 e. The first-order chi connectivity index (χ1) is 9.19. The third-order valence-corrected chi connectivity index (χ3v) is 3.66. The maximum absolute atomic E-state index is 10.6. The lowest BCUT2D eigenvalue weighted by Gasteiger charge is -2.24. The Kier molecular flexibility index (Phi) is 4.53. The number of aliphatic carboxylic acids is 1. The molecule has 4 heteroatoms. The molecule has 0 radical (unpaired) electrons. The number of rotatable bonds is 5. The van der Waals surface area contributed by atoms with Gasteiger partial charge in [-0.2, -0.15) is 5.26 Å². The average Bonchev–Trinajstić information content (AvgIpc) is 2.84. The molecule has 2 rings (SSSR count). The van der Waals surface area contributed by atoms with Crippen LogP contribution < -0.4 is 0 Å². The van der Waals surface area contributed by atoms with Gasteiger partial charge in [-0.15, -0.1) is 0 Å². The van der Waals surface area contributed by atoms with Gasteiger partial charge in [-0.1, -0.05) is 12.1 Å². The lowest BCUT2D eigenvalue weighted by Crippen LogP contribution is -2.29. The molecule has 1 N–H and O–H groups in total. The molecule has 0 aliphatic carbocycles. The minimum atomic E-state index is -0.717. The molecule has 0 amide bonds. The first-order valence-electron chi connectivity index (χ1n) is 6.64. The van der Waals surface area contributed by atoms with Crippen molar-refractivity contribution in [2.24, 2.45) is 0 Å². The summed E-state index contributed by atoms with van der Waals surface area (Å²) in [5.41, 5.74) is 1.86. The summed E-state index contributed by atoms with van der Waals surface area (Å²) in [6, 6.07) is 10.1. The maximum atomic E-state index is 10.6. The van der Waals surface area contributed by atoms with E-state index in [0.717, 1.165) is 32.4 Å². The van der Waals surface area contributed by atoms with Crippen LogP contribution in [0.2, 0.25) is 0 Å². The molecule has 1 aliphatic rings. The number of likely N-dealkylation sites (tertiary alicyclic amines) is 1. The highest BCUT2D eigenvalue weighted by atomic mass is 16.4. The molecule has 0 spiro atoms. The Labute approximate surface area is 113 Å². The van der Waals surface area contributed by atoms with Gasteiger partial charge >= 0.3 is 5.97 Å². The van der Waals surface area contributed by atoms with Crippen LogP contribution in [0.25, 0.3) is 0 Å². The second-order valence-corrected chi connectivity index (χ2v) is 5.01. The molecule has 1 aromatic carbocycles. The van der Waals surface area contributed by atoms with Gasteiger partial charge in [-0.3, -0.25) is 9.69 Å². The first-order valence-corrected chi connectivity index (χ1v) is 6.64. The van der Waals surface area contributed by atoms with E-state index in [1.54, 1.807) is 0 Å². The van der Waals surface area contributed by atoms with Gasteiger partial charge in [0.2, 0.25) is 0 Å². The SMILES string of the molecule is N#Cc1ccc(CN2CCCC2CCC(=O)O)cc1. The zero-order valence-corrected chi connectivity index (χ0v) is 10.9. The summed E-state index contributed by atoms with van der Waals surface area (Å²) in [6.45, 7) is 1.88. The van der Waals surface area contributed by atoms with Crippen LogP contribution in [0.4, 0.5) is 0 Å². The summed E-state index contributed by atoms with van der Waals surface area (Å²) in [5, 5.41) is 17.5. The van der Waals surface area contributed by atoms with E-state index in [0.29, 0.717) is 11.6 Å². The number of carbonyl (C=O) groups is 1. The zero-order chi connectivity index (χ0) is 13.7. The van der Waals surface area contributed by atoms with Crippen molar-refractivity contribution in [2.45, 2.75) is 38.3 Å². The first kappa shape index (κ1) is 13.6. The largest absolute Gasteiger partial charge is 0.481 e. The summed E-state index contributed by atoms with van der Waals surface area (Å²) in [5.74, 6) is -0.717. The van der Waals surface area contributed by atoms with Gasteiger partial charge in [0.15, 0.2) is 0 Å². The minimum Gasteiger partial charge on any atom is -0.481 e. The molecule has 1 unspecified atom stereocenters. The quantitative estimate of drug-likeness (QED) is 0.880. The number of nitrogens with zero attached hydrogens (tertiary/aromatic N) is 2. The summed E-state index contributed by atoms with van der Waals surface area (Å²) < 4.78 is 0. The molecular weight excluding hydrogens is 240 g/mol. The van der Waals surface area contributed by atoms with Crippen LogP contribution in [0.1, 0.15) is 36.8 Å². The van der Waals surface area contributed by atoms with Crippen molar-refractivity contribution in [3.05, 3.63) is 35.4 Å². The van der Waals surface area contributed by atoms with E-state index < -0.39 is 5.97 Å². The van der Waals surface area contributed by atoms with Crippen molar-refractivity contribution in [3.63, 3.8) is 0 Å². The van der Waals surface area contributed by atoms with Gasteiger partial charge in [0.25, 0.3) is 0 Å². The van der Waals surface area contributed by atoms with Crippen molar-refractivity contribution >= 4 is 5.97 Å². The van der Waals surface area contributed by atoms with Gasteiger partial charge < -0.3 is 5.11 Å². The van der Waals surface area contributed by atoms with E-state index in [4.69, 9.17) is 10.4 Å². The van der Waals surface area contributed by atoms with E-state index in [9.17, 15) is 4.79 Å². The Hall–Kier alpha value is -1.86. The standard InChI is InChI=1S/C15H18N2O2/c16-10-12-3-5-13(6-4-12)11-17-9-1-2-14(17)7-8-15(18)19/h3-6,14H,1-2,7-9,11H2,(H,18,19). The summed E-state index contributed by atoms with van der Waals surface area (Å²) in [4.78, 5) is 13.0. The predicted octanol–water partition coefficient (Wildman–Crippen LogP) is 2.39. The van der Waals surface area contributed by atoms with Crippen LogP contribution in [-0.4, -0.2) is 28.6 Å². The lowest BCUT2D eigenvalue weighted by atomic mass is 10.1. The van der Waals surface area contributed by atoms with E-state index in [1.165, 1.54) is 5.56 Å². The molecule has 0 saturated carbocycles. The molecule has 0 bridgehead atoms. The van der Waals surface area contributed by atoms with Crippen LogP contribution in [0.3, 0.4) is 0 Å². The molecule has 1 atom stereocenters. The molecule has 4 nitrogen and oxygen atoms in total. The van der Waals surface area contributed by atoms with E-state index in [-0.39, 0.29) is 6.42 Å². The van der Waals surface area contributed by atoms with Crippen LogP contribution in [0.5, 0.6) is 0 Å². The van der Waals surface area contributed by atoms with Gasteiger partial charge in [-0.05, 0) is 43.5 Å². The zero-order valence-electron chi connectivity index (χ0n) is 10.9. The molecule has 1 fully saturated rings. The van der Waals surface area contributed by atoms with E-state index in [1.807, 2.05) is 24.3 Å². The minimum absolute atomic E-state index is 0.245. The van der Waals surface area contributed by atoms with Crippen LogP contribution >= 0.6 is 0 Å². The van der Waals surface area contributed by atoms with E-state index in [2.05, 4.69) is 11.0 Å². The average molecular weight is 258 g/mol. The number of carboxylic acids is 1. The second-order valence-electron chi connectivity index (χ2n) is 5.01. The second kappa shape index (κ2) is 6.35. The van der Waals surface area contributed by atoms with Crippen LogP contribution in [0.15, 0.2) is 24.3 Å². The van der Waals surface area contributed by atoms with Crippen LogP contribution in [0, 0.1) is 11.3 Å². The summed E-state index contributed by atoms with van der Waals surface area (Å²) in [6.07, 6.45) is 3.20. The highest BCUT2D eigenvalue weighted by molar-refractivity contribution is 5.66. The Morgan fingerprint density at radius 2 is 2.16 bits per heavy atom. The van der Waals surface area contributed by atoms with Crippen molar-refractivity contribution < 1.29 is 9.90 Å². The highest BCUT2D eigenvalue weighted by Gasteiger charge is 2.24. The molecule has 1 aliphatic heterocycles. The van der Waals surface area contributed by atoms with Crippen LogP contribution in [-0.2, 0) is 11.3 Å². The molecule has 19 heavy (non-hydrogen) atoms. The smallest absolute Gasteiger partial charge is 0.303 e. The number of hydrogen-bond acceptors (Lipinski definition) is 3. The molecule has 1 saturated heterocycles. The number of benzene rings is 1. The molecule has 1 heterocycles. The van der Waals surface area contributed by atoms with Crippen molar-refractivity contribution in [1.29, 1.82) is 5.26 Å². The third kappa shape index (κ3) is 3.80. The number of hydrogen-bond donors (Lipinski definition) is 1. The Morgan fingerprint density at radius 3 is 2.79 bits per heavy atom. The van der Waals surface area contributed by atoms with Gasteiger partial charge in [0.1, 0.15) is 0 Å². The molecular formula is C15H18N2O2.